The monoisotopic (exact) mass is 261 g/mol. The molecule has 0 bridgehead atoms. The van der Waals surface area contributed by atoms with Crippen LogP contribution < -0.4 is 11.0 Å². The van der Waals surface area contributed by atoms with Crippen molar-refractivity contribution in [3.05, 3.63) is 34.2 Å². The first-order valence-corrected chi connectivity index (χ1v) is 6.75. The number of imidazole rings is 1. The summed E-state index contributed by atoms with van der Waals surface area (Å²) in [5, 5.41) is 3.61. The number of benzene rings is 1. The van der Waals surface area contributed by atoms with E-state index < -0.39 is 0 Å². The first kappa shape index (κ1) is 13.9. The standard InChI is InChI=1S/C15H23N3O/c1-9(16-10(2)15(3,4)5)11-6-7-12-13(8-11)18-14(19)17-12/h6-10,16H,1-5H3,(H2,17,18,19). The van der Waals surface area contributed by atoms with Crippen molar-refractivity contribution in [1.82, 2.24) is 15.3 Å². The average Bonchev–Trinajstić information content (AvgIpc) is 2.66. The molecule has 0 fully saturated rings. The van der Waals surface area contributed by atoms with Crippen molar-refractivity contribution in [1.29, 1.82) is 0 Å². The molecule has 4 nitrogen and oxygen atoms in total. The van der Waals surface area contributed by atoms with Gasteiger partial charge in [-0.25, -0.2) is 4.79 Å². The highest BCUT2D eigenvalue weighted by molar-refractivity contribution is 5.75. The van der Waals surface area contributed by atoms with Gasteiger partial charge in [-0.2, -0.15) is 0 Å². The summed E-state index contributed by atoms with van der Waals surface area (Å²) in [6.45, 7) is 11.0. The van der Waals surface area contributed by atoms with Gasteiger partial charge >= 0.3 is 5.69 Å². The van der Waals surface area contributed by atoms with Crippen LogP contribution >= 0.6 is 0 Å². The van der Waals surface area contributed by atoms with Crippen molar-refractivity contribution in [2.75, 3.05) is 0 Å². The number of H-pyrrole nitrogens is 2. The maximum atomic E-state index is 11.3. The summed E-state index contributed by atoms with van der Waals surface area (Å²) in [4.78, 5) is 16.8. The molecule has 2 aromatic rings. The van der Waals surface area contributed by atoms with E-state index >= 15 is 0 Å². The summed E-state index contributed by atoms with van der Waals surface area (Å²) >= 11 is 0. The maximum Gasteiger partial charge on any atom is 0.323 e. The van der Waals surface area contributed by atoms with Crippen LogP contribution in [0.4, 0.5) is 0 Å². The van der Waals surface area contributed by atoms with Crippen molar-refractivity contribution >= 4 is 11.0 Å². The third-order valence-corrected chi connectivity index (χ3v) is 3.84. The molecule has 0 aliphatic heterocycles. The Hall–Kier alpha value is -1.55. The van der Waals surface area contributed by atoms with Crippen LogP contribution in [0, 0.1) is 5.41 Å². The molecule has 0 amide bonds. The highest BCUT2D eigenvalue weighted by atomic mass is 16.1. The SMILES string of the molecule is CC(NC(C)C(C)(C)C)c1ccc2[nH]c(=O)[nH]c2c1. The fraction of sp³-hybridized carbons (Fsp3) is 0.533. The van der Waals surface area contributed by atoms with Crippen molar-refractivity contribution in [3.63, 3.8) is 0 Å². The molecule has 1 aromatic heterocycles. The molecule has 2 rings (SSSR count). The molecule has 0 saturated heterocycles. The number of hydrogen-bond acceptors (Lipinski definition) is 2. The van der Waals surface area contributed by atoms with Crippen LogP contribution in [0.5, 0.6) is 0 Å². The lowest BCUT2D eigenvalue weighted by molar-refractivity contribution is 0.268. The minimum atomic E-state index is -0.157. The second-order valence-corrected chi connectivity index (χ2v) is 6.36. The Bertz CT molecular complexity index is 618. The Morgan fingerprint density at radius 2 is 1.74 bits per heavy atom. The van der Waals surface area contributed by atoms with Crippen LogP contribution in [0.1, 0.15) is 46.2 Å². The van der Waals surface area contributed by atoms with E-state index in [1.54, 1.807) is 0 Å². The van der Waals surface area contributed by atoms with E-state index in [9.17, 15) is 4.79 Å². The van der Waals surface area contributed by atoms with Gasteiger partial charge in [0, 0.05) is 12.1 Å². The van der Waals surface area contributed by atoms with Gasteiger partial charge in [0.1, 0.15) is 0 Å². The summed E-state index contributed by atoms with van der Waals surface area (Å²) in [5.41, 5.74) is 2.96. The zero-order valence-electron chi connectivity index (χ0n) is 12.3. The van der Waals surface area contributed by atoms with Gasteiger partial charge < -0.3 is 15.3 Å². The normalized spacial score (nSPS) is 15.6. The van der Waals surface area contributed by atoms with Gasteiger partial charge in [-0.05, 0) is 37.0 Å². The van der Waals surface area contributed by atoms with E-state index in [4.69, 9.17) is 0 Å². The topological polar surface area (TPSA) is 60.7 Å². The summed E-state index contributed by atoms with van der Waals surface area (Å²) < 4.78 is 0. The molecule has 0 radical (unpaired) electrons. The number of aromatic amines is 2. The molecular formula is C15H23N3O. The zero-order valence-corrected chi connectivity index (χ0v) is 12.3. The Labute approximate surface area is 113 Å². The predicted octanol–water partition coefficient (Wildman–Crippen LogP) is 2.94. The molecule has 0 saturated carbocycles. The van der Waals surface area contributed by atoms with Gasteiger partial charge in [0.05, 0.1) is 11.0 Å². The molecule has 0 aliphatic carbocycles. The Morgan fingerprint density at radius 1 is 1.11 bits per heavy atom. The number of fused-ring (bicyclic) bond motifs is 1. The van der Waals surface area contributed by atoms with E-state index in [2.05, 4.69) is 56.0 Å². The number of rotatable bonds is 3. The van der Waals surface area contributed by atoms with Crippen LogP contribution in [-0.4, -0.2) is 16.0 Å². The average molecular weight is 261 g/mol. The first-order chi connectivity index (χ1) is 8.77. The van der Waals surface area contributed by atoms with Crippen molar-refractivity contribution < 1.29 is 0 Å². The third kappa shape index (κ3) is 3.07. The number of nitrogens with one attached hydrogen (secondary N) is 3. The second kappa shape index (κ2) is 4.85. The van der Waals surface area contributed by atoms with Crippen LogP contribution in [0.15, 0.2) is 23.0 Å². The Kier molecular flexibility index (Phi) is 3.54. The highest BCUT2D eigenvalue weighted by Gasteiger charge is 2.21. The van der Waals surface area contributed by atoms with Gasteiger partial charge in [0.25, 0.3) is 0 Å². The lowest BCUT2D eigenvalue weighted by atomic mass is 9.87. The summed E-state index contributed by atoms with van der Waals surface area (Å²) in [5.74, 6) is 0. The van der Waals surface area contributed by atoms with Crippen LogP contribution in [0.3, 0.4) is 0 Å². The van der Waals surface area contributed by atoms with Crippen molar-refractivity contribution in [3.8, 4) is 0 Å². The fourth-order valence-electron chi connectivity index (χ4n) is 2.04. The lowest BCUT2D eigenvalue weighted by Gasteiger charge is -2.31. The zero-order chi connectivity index (χ0) is 14.2. The smallest absolute Gasteiger partial charge is 0.307 e. The molecule has 0 spiro atoms. The minimum Gasteiger partial charge on any atom is -0.307 e. The summed E-state index contributed by atoms with van der Waals surface area (Å²) in [6.07, 6.45) is 0. The Morgan fingerprint density at radius 3 is 2.37 bits per heavy atom. The fourth-order valence-corrected chi connectivity index (χ4v) is 2.04. The molecular weight excluding hydrogens is 238 g/mol. The molecule has 1 aromatic carbocycles. The van der Waals surface area contributed by atoms with Crippen LogP contribution in [-0.2, 0) is 0 Å². The predicted molar refractivity (Wildman–Crippen MR) is 79.4 cm³/mol. The second-order valence-electron chi connectivity index (χ2n) is 6.36. The molecule has 2 atom stereocenters. The van der Waals surface area contributed by atoms with Gasteiger partial charge in [-0.3, -0.25) is 0 Å². The maximum absolute atomic E-state index is 11.3. The van der Waals surface area contributed by atoms with Crippen molar-refractivity contribution in [2.24, 2.45) is 5.41 Å². The molecule has 104 valence electrons. The number of aromatic nitrogens is 2. The van der Waals surface area contributed by atoms with Gasteiger partial charge in [-0.1, -0.05) is 26.8 Å². The van der Waals surface area contributed by atoms with E-state index in [0.717, 1.165) is 11.0 Å². The van der Waals surface area contributed by atoms with Gasteiger partial charge in [0.15, 0.2) is 0 Å². The van der Waals surface area contributed by atoms with E-state index in [1.165, 1.54) is 5.56 Å². The molecule has 19 heavy (non-hydrogen) atoms. The van der Waals surface area contributed by atoms with Crippen LogP contribution in [0.2, 0.25) is 0 Å². The van der Waals surface area contributed by atoms with Crippen LogP contribution in [0.25, 0.3) is 11.0 Å². The minimum absolute atomic E-state index is 0.157. The molecule has 0 aliphatic rings. The third-order valence-electron chi connectivity index (χ3n) is 3.84. The van der Waals surface area contributed by atoms with Crippen molar-refractivity contribution in [2.45, 2.75) is 46.7 Å². The summed E-state index contributed by atoms with van der Waals surface area (Å²) in [6, 6.07) is 6.68. The molecule has 2 unspecified atom stereocenters. The summed E-state index contributed by atoms with van der Waals surface area (Å²) in [7, 11) is 0. The molecule has 3 N–H and O–H groups in total. The van der Waals surface area contributed by atoms with Gasteiger partial charge in [-0.15, -0.1) is 0 Å². The van der Waals surface area contributed by atoms with E-state index in [-0.39, 0.29) is 17.1 Å². The largest absolute Gasteiger partial charge is 0.323 e. The first-order valence-electron chi connectivity index (χ1n) is 6.75. The van der Waals surface area contributed by atoms with E-state index in [0.29, 0.717) is 6.04 Å². The van der Waals surface area contributed by atoms with E-state index in [1.807, 2.05) is 12.1 Å². The highest BCUT2D eigenvalue weighted by Crippen LogP contribution is 2.23. The lowest BCUT2D eigenvalue weighted by Crippen LogP contribution is -2.39. The molecule has 4 heteroatoms. The quantitative estimate of drug-likeness (QED) is 0.795. The Balaban J connectivity index is 2.21. The van der Waals surface area contributed by atoms with Gasteiger partial charge in [0.2, 0.25) is 0 Å². The molecule has 1 heterocycles. The number of hydrogen-bond donors (Lipinski definition) is 3.